The van der Waals surface area contributed by atoms with Crippen molar-refractivity contribution >= 4 is 5.96 Å². The molecule has 3 heteroatoms. The fourth-order valence-electron chi connectivity index (χ4n) is 4.14. The Kier molecular flexibility index (Phi) is 4.39. The van der Waals surface area contributed by atoms with Crippen molar-refractivity contribution in [2.24, 2.45) is 4.99 Å². The van der Waals surface area contributed by atoms with E-state index in [4.69, 9.17) is 17.8 Å². The van der Waals surface area contributed by atoms with Crippen molar-refractivity contribution in [1.82, 2.24) is 10.2 Å². The molecule has 21 heavy (non-hydrogen) atoms. The number of aliphatic imine (C=N–C) groups is 1. The van der Waals surface area contributed by atoms with Gasteiger partial charge in [0, 0.05) is 31.0 Å². The summed E-state index contributed by atoms with van der Waals surface area (Å²) in [6.07, 6.45) is 20.9. The summed E-state index contributed by atoms with van der Waals surface area (Å²) >= 11 is 0. The van der Waals surface area contributed by atoms with Gasteiger partial charge in [-0.25, -0.2) is 4.99 Å². The molecule has 0 saturated carbocycles. The van der Waals surface area contributed by atoms with Gasteiger partial charge in [0.25, 0.3) is 0 Å². The molecule has 0 bridgehead atoms. The number of rotatable bonds is 4. The Bertz CT molecular complexity index is 482. The summed E-state index contributed by atoms with van der Waals surface area (Å²) in [7, 11) is 0. The van der Waals surface area contributed by atoms with Crippen LogP contribution in [0.1, 0.15) is 57.8 Å². The second-order valence-electron chi connectivity index (χ2n) is 6.55. The van der Waals surface area contributed by atoms with Gasteiger partial charge in [-0.2, -0.15) is 0 Å². The molecule has 0 spiro atoms. The first-order valence-corrected chi connectivity index (χ1v) is 8.31. The lowest BCUT2D eigenvalue weighted by atomic mass is 9.84. The molecular formula is C18H25N3. The predicted octanol–water partition coefficient (Wildman–Crippen LogP) is 2.53. The topological polar surface area (TPSA) is 27.6 Å². The molecule has 112 valence electrons. The fraction of sp³-hybridized carbons (Fsp3) is 0.722. The summed E-state index contributed by atoms with van der Waals surface area (Å²) in [5, 5.41) is 3.65. The van der Waals surface area contributed by atoms with Crippen LogP contribution >= 0.6 is 0 Å². The zero-order valence-corrected chi connectivity index (χ0v) is 12.7. The average Bonchev–Trinajstić information content (AvgIpc) is 2.51. The van der Waals surface area contributed by atoms with Gasteiger partial charge in [-0.15, -0.1) is 24.7 Å². The standard InChI is InChI=1S/C18H25N3/c1-3-5-8-14-12-16-10-7-11-17-13-15(9-6-4-2)20-18(19-14)21(16)17/h1-2,14-17H,5-13H2,(H,19,20)/t14-,15+,16+,17-. The lowest BCUT2D eigenvalue weighted by Gasteiger charge is -2.52. The molecule has 0 amide bonds. The molecule has 1 N–H and O–H groups in total. The van der Waals surface area contributed by atoms with E-state index in [9.17, 15) is 0 Å². The van der Waals surface area contributed by atoms with Crippen LogP contribution in [0.5, 0.6) is 0 Å². The molecule has 3 aliphatic rings. The number of hydrogen-bond acceptors (Lipinski definition) is 3. The zero-order chi connectivity index (χ0) is 14.7. The van der Waals surface area contributed by atoms with Gasteiger partial charge in [-0.1, -0.05) is 0 Å². The Hall–Kier alpha value is -1.61. The van der Waals surface area contributed by atoms with Gasteiger partial charge in [-0.3, -0.25) is 0 Å². The molecule has 0 unspecified atom stereocenters. The van der Waals surface area contributed by atoms with Crippen LogP contribution in [0.3, 0.4) is 0 Å². The average molecular weight is 283 g/mol. The molecule has 0 radical (unpaired) electrons. The van der Waals surface area contributed by atoms with Gasteiger partial charge in [0.05, 0.1) is 6.04 Å². The van der Waals surface area contributed by atoms with E-state index in [1.165, 1.54) is 32.1 Å². The maximum absolute atomic E-state index is 5.42. The number of terminal acetylenes is 2. The maximum atomic E-state index is 5.42. The first-order valence-electron chi connectivity index (χ1n) is 8.31. The highest BCUT2D eigenvalue weighted by Crippen LogP contribution is 2.35. The molecule has 0 aromatic carbocycles. The van der Waals surface area contributed by atoms with E-state index in [2.05, 4.69) is 22.1 Å². The van der Waals surface area contributed by atoms with Crippen molar-refractivity contribution in [2.45, 2.75) is 82.0 Å². The lowest BCUT2D eigenvalue weighted by Crippen LogP contribution is -2.64. The van der Waals surface area contributed by atoms with Gasteiger partial charge in [0.15, 0.2) is 5.96 Å². The Morgan fingerprint density at radius 1 is 1.10 bits per heavy atom. The molecule has 4 atom stereocenters. The van der Waals surface area contributed by atoms with Crippen molar-refractivity contribution in [1.29, 1.82) is 0 Å². The molecule has 2 fully saturated rings. The first kappa shape index (κ1) is 14.3. The van der Waals surface area contributed by atoms with Crippen molar-refractivity contribution in [3.63, 3.8) is 0 Å². The van der Waals surface area contributed by atoms with E-state index in [-0.39, 0.29) is 0 Å². The Balaban J connectivity index is 1.75. The summed E-state index contributed by atoms with van der Waals surface area (Å²) in [5.74, 6) is 6.65. The molecule has 3 nitrogen and oxygen atoms in total. The highest BCUT2D eigenvalue weighted by atomic mass is 15.4. The Morgan fingerprint density at radius 2 is 1.81 bits per heavy atom. The van der Waals surface area contributed by atoms with Crippen LogP contribution < -0.4 is 5.32 Å². The second-order valence-corrected chi connectivity index (χ2v) is 6.55. The van der Waals surface area contributed by atoms with Crippen molar-refractivity contribution < 1.29 is 0 Å². The minimum absolute atomic E-state index is 0.398. The largest absolute Gasteiger partial charge is 0.353 e. The van der Waals surface area contributed by atoms with Crippen molar-refractivity contribution in [3.8, 4) is 24.7 Å². The van der Waals surface area contributed by atoms with E-state index >= 15 is 0 Å². The lowest BCUT2D eigenvalue weighted by molar-refractivity contribution is 0.0990. The molecule has 0 aromatic heterocycles. The van der Waals surface area contributed by atoms with Crippen LogP contribution in [0.25, 0.3) is 0 Å². The van der Waals surface area contributed by atoms with Crippen molar-refractivity contribution in [3.05, 3.63) is 0 Å². The monoisotopic (exact) mass is 283 g/mol. The summed E-state index contributed by atoms with van der Waals surface area (Å²) < 4.78 is 0. The van der Waals surface area contributed by atoms with Gasteiger partial charge in [-0.05, 0) is 44.9 Å². The number of hydrogen-bond donors (Lipinski definition) is 1. The number of piperidine rings is 1. The van der Waals surface area contributed by atoms with E-state index in [0.29, 0.717) is 24.2 Å². The smallest absolute Gasteiger partial charge is 0.194 e. The van der Waals surface area contributed by atoms with Gasteiger partial charge >= 0.3 is 0 Å². The molecule has 3 heterocycles. The summed E-state index contributed by atoms with van der Waals surface area (Å²) in [6.45, 7) is 0. The summed E-state index contributed by atoms with van der Waals surface area (Å²) in [4.78, 5) is 7.54. The highest BCUT2D eigenvalue weighted by Gasteiger charge is 2.41. The van der Waals surface area contributed by atoms with E-state index < -0.39 is 0 Å². The quantitative estimate of drug-likeness (QED) is 0.803. The van der Waals surface area contributed by atoms with Crippen LogP contribution in [0.4, 0.5) is 0 Å². The van der Waals surface area contributed by atoms with Gasteiger partial charge in [0.1, 0.15) is 0 Å². The molecule has 3 aliphatic heterocycles. The first-order chi connectivity index (χ1) is 10.3. The third-order valence-electron chi connectivity index (χ3n) is 5.10. The van der Waals surface area contributed by atoms with Crippen LogP contribution in [0.2, 0.25) is 0 Å². The molecule has 3 rings (SSSR count). The number of guanidine groups is 1. The molecule has 2 saturated heterocycles. The predicted molar refractivity (Wildman–Crippen MR) is 86.8 cm³/mol. The van der Waals surface area contributed by atoms with Crippen LogP contribution in [0.15, 0.2) is 4.99 Å². The maximum Gasteiger partial charge on any atom is 0.194 e. The summed E-state index contributed by atoms with van der Waals surface area (Å²) in [5.41, 5.74) is 0. The molecular weight excluding hydrogens is 258 g/mol. The minimum atomic E-state index is 0.398. The Labute approximate surface area is 128 Å². The van der Waals surface area contributed by atoms with E-state index in [0.717, 1.165) is 31.6 Å². The summed E-state index contributed by atoms with van der Waals surface area (Å²) in [6, 6.07) is 2.22. The van der Waals surface area contributed by atoms with Crippen molar-refractivity contribution in [2.75, 3.05) is 0 Å². The van der Waals surface area contributed by atoms with Gasteiger partial charge in [0.2, 0.25) is 0 Å². The number of nitrogens with one attached hydrogen (secondary N) is 1. The van der Waals surface area contributed by atoms with Gasteiger partial charge < -0.3 is 10.2 Å². The van der Waals surface area contributed by atoms with Crippen LogP contribution in [0, 0.1) is 24.7 Å². The van der Waals surface area contributed by atoms with E-state index in [1.807, 2.05) is 0 Å². The Morgan fingerprint density at radius 3 is 2.57 bits per heavy atom. The van der Waals surface area contributed by atoms with E-state index in [1.54, 1.807) is 0 Å². The fourth-order valence-corrected chi connectivity index (χ4v) is 4.14. The van der Waals surface area contributed by atoms with Crippen LogP contribution in [-0.2, 0) is 0 Å². The zero-order valence-electron chi connectivity index (χ0n) is 12.7. The molecule has 0 aliphatic carbocycles. The number of nitrogens with zero attached hydrogens (tertiary/aromatic N) is 2. The van der Waals surface area contributed by atoms with Crippen LogP contribution in [-0.4, -0.2) is 35.0 Å². The SMILES string of the molecule is C#CCC[C@@H]1C[C@@H]2CCC[C@@H]3C[C@H](CCC#C)NC(=N1)N32. The molecule has 0 aromatic rings. The highest BCUT2D eigenvalue weighted by molar-refractivity contribution is 5.82. The minimum Gasteiger partial charge on any atom is -0.353 e. The second kappa shape index (κ2) is 6.44. The third kappa shape index (κ3) is 3.03. The normalized spacial score (nSPS) is 34.0. The third-order valence-corrected chi connectivity index (χ3v) is 5.10.